The number of nitrogens with zero attached hydrogens (tertiary/aromatic N) is 3. The van der Waals surface area contributed by atoms with Crippen LogP contribution in [0.4, 0.5) is 0 Å². The van der Waals surface area contributed by atoms with Gasteiger partial charge in [-0.3, -0.25) is 9.97 Å². The molecule has 7 aromatic carbocycles. The fourth-order valence-corrected chi connectivity index (χ4v) is 15.8. The molecule has 0 spiro atoms. The quantitative estimate of drug-likeness (QED) is 0.0352. The average Bonchev–Trinajstić information content (AvgIpc) is 0.767. The molecule has 0 amide bonds. The van der Waals surface area contributed by atoms with Crippen LogP contribution in [0.1, 0.15) is 283 Å². The van der Waals surface area contributed by atoms with Gasteiger partial charge in [-0.05, 0) is 260 Å². The monoisotopic (exact) mass is 1640 g/mol. The second-order valence-corrected chi connectivity index (χ2v) is 33.6. The molecule has 17 aromatic rings. The molecule has 20 bridgehead atoms. The maximum atomic E-state index is 6.65. The molecule has 0 atom stereocenters. The first-order valence-electron chi connectivity index (χ1n) is 47.6. The number of unbranched alkanes of at least 4 members (excludes halogenated alkanes) is 24. The standard InChI is InChI=1S/C117H133N3O4/c1-9-17-25-33-42-93-75-106-86-107(76-93)113-87-102(43-34-26-18-10-2)103(85-105(113)45-36-28-20-12-4)62-58-101-73-100(83-111(84-101)124-69-40-32-24-16-8)57-56-99-72-96(79-110(82-99)123-68-39-31-23-15-7)53-50-92-61-65-115(119-89-92)117-47-41-46-116(120-117)114-64-60-91(88-118-114)49-52-95-71-98(81-109(78-95)122-67-38-30-22-14-6)55-54-97-70-94(77-108(80-97)121-66-37-29-21-13-5)51-48-90-59-63-112(106)104(74-90)44-35-27-19-11-3/h41,46-47,59-61,63-65,70-89H,9-40,42-45,66-69H2,1-8H3. The lowest BCUT2D eigenvalue weighted by Gasteiger charge is -2.13. The molecule has 0 aliphatic rings. The van der Waals surface area contributed by atoms with E-state index in [9.17, 15) is 0 Å². The van der Waals surface area contributed by atoms with E-state index in [2.05, 4.69) is 219 Å². The molecule has 640 valence electrons. The fourth-order valence-electron chi connectivity index (χ4n) is 15.8. The molecule has 0 radical (unpaired) electrons. The summed E-state index contributed by atoms with van der Waals surface area (Å²) in [6, 6.07) is 101. The molecule has 0 aliphatic heterocycles. The first kappa shape index (κ1) is 93.3. The van der Waals surface area contributed by atoms with Gasteiger partial charge in [-0.1, -0.05) is 307 Å². The predicted molar refractivity (Wildman–Crippen MR) is 525 cm³/mol. The van der Waals surface area contributed by atoms with Crippen molar-refractivity contribution in [3.8, 4) is 23.0 Å². The van der Waals surface area contributed by atoms with Gasteiger partial charge in [0.2, 0.25) is 0 Å². The Morgan fingerprint density at radius 3 is 0.903 bits per heavy atom. The number of aryl methyl sites for hydroxylation is 4. The van der Waals surface area contributed by atoms with Crippen molar-refractivity contribution >= 4 is 108 Å². The summed E-state index contributed by atoms with van der Waals surface area (Å²) in [4.78, 5) is 14.8. The summed E-state index contributed by atoms with van der Waals surface area (Å²) in [6.45, 7) is 20.7. The van der Waals surface area contributed by atoms with Gasteiger partial charge >= 0.3 is 0 Å². The van der Waals surface area contributed by atoms with Gasteiger partial charge < -0.3 is 18.9 Å². The van der Waals surface area contributed by atoms with Gasteiger partial charge in [-0.15, -0.1) is 0 Å². The van der Waals surface area contributed by atoms with E-state index in [1.54, 1.807) is 6.20 Å². The van der Waals surface area contributed by atoms with Crippen LogP contribution in [0.5, 0.6) is 23.0 Å². The van der Waals surface area contributed by atoms with Crippen LogP contribution in [0.15, 0.2) is 176 Å². The predicted octanol–water partition coefficient (Wildman–Crippen LogP) is 32.6. The molecular weight excluding hydrogens is 1510 g/mol. The van der Waals surface area contributed by atoms with Crippen molar-refractivity contribution in [3.05, 3.63) is 271 Å². The normalized spacial score (nSPS) is 10.8. The lowest BCUT2D eigenvalue weighted by atomic mass is 9.92. The Morgan fingerprint density at radius 1 is 0.226 bits per heavy atom. The zero-order chi connectivity index (χ0) is 86.4. The molecular formula is C117H133N3O4. The molecule has 10 heterocycles. The van der Waals surface area contributed by atoms with E-state index in [-0.39, 0.29) is 0 Å². The molecule has 0 fully saturated rings. The molecule has 17 rings (SSSR count). The van der Waals surface area contributed by atoms with Crippen molar-refractivity contribution in [3.63, 3.8) is 0 Å². The summed E-state index contributed by atoms with van der Waals surface area (Å²) in [6.07, 6.45) is 44.0. The second-order valence-electron chi connectivity index (χ2n) is 33.6. The Hall–Kier alpha value is -11.5. The number of hydrogen-bond acceptors (Lipinski definition) is 7. The van der Waals surface area contributed by atoms with Crippen LogP contribution < -0.4 is 18.9 Å². The third-order valence-electron chi connectivity index (χ3n) is 22.9. The van der Waals surface area contributed by atoms with Crippen molar-refractivity contribution in [2.75, 3.05) is 26.4 Å². The van der Waals surface area contributed by atoms with Gasteiger partial charge in [-0.25, -0.2) is 4.98 Å². The molecule has 7 nitrogen and oxygen atoms in total. The highest BCUT2D eigenvalue weighted by molar-refractivity contribution is 5.97. The van der Waals surface area contributed by atoms with Gasteiger partial charge in [0, 0.05) is 77.0 Å². The highest BCUT2D eigenvalue weighted by Crippen LogP contribution is 2.32. The zero-order valence-corrected chi connectivity index (χ0v) is 76.0. The average molecular weight is 1650 g/mol. The Labute approximate surface area is 744 Å². The molecule has 0 aliphatic carbocycles. The van der Waals surface area contributed by atoms with Crippen LogP contribution >= 0.6 is 0 Å². The number of aromatic nitrogens is 3. The fraction of sp³-hybridized carbons (Fsp3) is 0.410. The van der Waals surface area contributed by atoms with Crippen LogP contribution in [0, 0.1) is 72.8 Å². The van der Waals surface area contributed by atoms with Crippen LogP contribution in [0.25, 0.3) is 108 Å². The molecule has 7 heteroatoms. The molecule has 0 unspecified atom stereocenters. The molecule has 10 aromatic heterocycles. The molecule has 0 saturated carbocycles. The van der Waals surface area contributed by atoms with Gasteiger partial charge in [0.15, 0.2) is 0 Å². The van der Waals surface area contributed by atoms with E-state index in [4.69, 9.17) is 33.9 Å². The Morgan fingerprint density at radius 2 is 0.540 bits per heavy atom. The number of rotatable bonds is 44. The van der Waals surface area contributed by atoms with Crippen LogP contribution in [-0.4, -0.2) is 41.4 Å². The van der Waals surface area contributed by atoms with Crippen LogP contribution in [-0.2, 0) is 25.7 Å². The van der Waals surface area contributed by atoms with Gasteiger partial charge in [0.25, 0.3) is 0 Å². The highest BCUT2D eigenvalue weighted by atomic mass is 16.5. The van der Waals surface area contributed by atoms with Gasteiger partial charge in [-0.2, -0.15) is 0 Å². The van der Waals surface area contributed by atoms with Crippen molar-refractivity contribution in [1.29, 1.82) is 0 Å². The third kappa shape index (κ3) is 31.4. The highest BCUT2D eigenvalue weighted by Gasteiger charge is 2.12. The minimum absolute atomic E-state index is 0.610. The third-order valence-corrected chi connectivity index (χ3v) is 22.9. The van der Waals surface area contributed by atoms with Gasteiger partial charge in [0.1, 0.15) is 23.0 Å². The maximum absolute atomic E-state index is 6.65. The number of benzene rings is 7. The van der Waals surface area contributed by atoms with Crippen molar-refractivity contribution in [2.24, 2.45) is 0 Å². The first-order valence-corrected chi connectivity index (χ1v) is 47.6. The summed E-state index contributed by atoms with van der Waals surface area (Å²) < 4.78 is 26.2. The lowest BCUT2D eigenvalue weighted by Crippen LogP contribution is -1.97. The van der Waals surface area contributed by atoms with Crippen LogP contribution in [0.3, 0.4) is 0 Å². The van der Waals surface area contributed by atoms with E-state index >= 15 is 0 Å². The Balaban J connectivity index is 1.16. The van der Waals surface area contributed by atoms with Crippen molar-refractivity contribution < 1.29 is 18.9 Å². The number of pyridine rings is 3. The van der Waals surface area contributed by atoms with E-state index in [0.29, 0.717) is 26.4 Å². The SMILES string of the molecule is CCCCCCOc1cc2c#cc3ccc(nc3)c3cccc(n3)c3ccc(c#cc4cc(OCCCCCC)cc(c#cc5cc(OCCCCCC)cc(c#cc6cc(CCCCCC)c(cc6CCCCCC)c6cc(CCCCCC)cc(c6)c6ccc(c#cc7cc(OCCCCCC)cc(c#cc(c1)c2)c7)cc6CCCCCC)c5)c4)cn3. The van der Waals surface area contributed by atoms with Crippen molar-refractivity contribution in [1.82, 2.24) is 15.0 Å². The summed E-state index contributed by atoms with van der Waals surface area (Å²) in [5, 5.41) is 15.4. The lowest BCUT2D eigenvalue weighted by molar-refractivity contribution is 0.305. The summed E-state index contributed by atoms with van der Waals surface area (Å²) >= 11 is 0. The minimum atomic E-state index is 0.610. The van der Waals surface area contributed by atoms with Crippen molar-refractivity contribution in [2.45, 2.75) is 287 Å². The maximum Gasteiger partial charge on any atom is 0.121 e. The van der Waals surface area contributed by atoms with Crippen LogP contribution in [0.2, 0.25) is 0 Å². The molecule has 0 N–H and O–H groups in total. The number of ether oxygens (including phenoxy) is 4. The van der Waals surface area contributed by atoms with E-state index in [0.717, 1.165) is 238 Å². The summed E-state index contributed by atoms with van der Waals surface area (Å²) in [5.41, 5.74) is 8.31. The van der Waals surface area contributed by atoms with E-state index in [1.807, 2.05) is 79.0 Å². The first-order chi connectivity index (χ1) is 61.1. The molecule has 0 saturated heterocycles. The largest absolute Gasteiger partial charge is 0.494 e. The zero-order valence-electron chi connectivity index (χ0n) is 76.0. The van der Waals surface area contributed by atoms with E-state index < -0.39 is 0 Å². The topological polar surface area (TPSA) is 75.6 Å². The second kappa shape index (κ2) is 52.9. The summed E-state index contributed by atoms with van der Waals surface area (Å²) in [7, 11) is 0. The summed E-state index contributed by atoms with van der Waals surface area (Å²) in [5.74, 6) is 3.02. The smallest absolute Gasteiger partial charge is 0.121 e. The van der Waals surface area contributed by atoms with E-state index in [1.165, 1.54) is 147 Å². The Kier molecular flexibility index (Phi) is 39.8. The molecule has 124 heavy (non-hydrogen) atoms. The number of hydrogen-bond donors (Lipinski definition) is 0. The Bertz CT molecular complexity index is 5670. The van der Waals surface area contributed by atoms with Gasteiger partial charge in [0.05, 0.1) is 48.5 Å². The minimum Gasteiger partial charge on any atom is -0.494 e.